The van der Waals surface area contributed by atoms with Crippen molar-refractivity contribution < 1.29 is 14.3 Å². The Morgan fingerprint density at radius 2 is 1.72 bits per heavy atom. The molecule has 0 unspecified atom stereocenters. The molecule has 5 nitrogen and oxygen atoms in total. The number of aryl methyl sites for hydroxylation is 1. The number of hydrogen-bond donors (Lipinski definition) is 2. The minimum absolute atomic E-state index is 0.290. The lowest BCUT2D eigenvalue weighted by molar-refractivity contribution is -0.158. The Bertz CT molecular complexity index is 550. The van der Waals surface area contributed by atoms with Crippen LogP contribution in [0.3, 0.4) is 0 Å². The molecule has 0 radical (unpaired) electrons. The van der Waals surface area contributed by atoms with Crippen LogP contribution in [0, 0.1) is 5.92 Å². The maximum Gasteiger partial charge on any atom is 0.323 e. The van der Waals surface area contributed by atoms with Gasteiger partial charge in [-0.25, -0.2) is 0 Å². The maximum atomic E-state index is 12.6. The van der Waals surface area contributed by atoms with Crippen molar-refractivity contribution in [3.05, 3.63) is 35.9 Å². The highest BCUT2D eigenvalue weighted by Gasteiger charge is 2.29. The van der Waals surface area contributed by atoms with E-state index in [4.69, 9.17) is 10.5 Å². The third-order valence-corrected chi connectivity index (χ3v) is 3.71. The van der Waals surface area contributed by atoms with Gasteiger partial charge in [0, 0.05) is 0 Å². The first-order valence-corrected chi connectivity index (χ1v) is 8.90. The smallest absolute Gasteiger partial charge is 0.323 e. The molecule has 1 amide bonds. The SMILES string of the molecule is CC(C)C[C@@H](N[C@@H](CCc1ccccc1)C(=O)OC(C)(C)C)C(N)=O. The van der Waals surface area contributed by atoms with Crippen LogP contribution < -0.4 is 11.1 Å². The largest absolute Gasteiger partial charge is 0.459 e. The lowest BCUT2D eigenvalue weighted by Crippen LogP contribution is -2.51. The van der Waals surface area contributed by atoms with Gasteiger partial charge in [0.2, 0.25) is 5.91 Å². The van der Waals surface area contributed by atoms with Crippen molar-refractivity contribution in [2.24, 2.45) is 11.7 Å². The van der Waals surface area contributed by atoms with E-state index in [1.807, 2.05) is 65.0 Å². The number of amides is 1. The Hall–Kier alpha value is -1.88. The second-order valence-electron chi connectivity index (χ2n) is 7.86. The molecular weight excluding hydrogens is 316 g/mol. The first kappa shape index (κ1) is 21.2. The van der Waals surface area contributed by atoms with Crippen LogP contribution in [0.1, 0.15) is 53.0 Å². The Morgan fingerprint density at radius 3 is 2.20 bits per heavy atom. The predicted molar refractivity (Wildman–Crippen MR) is 100.0 cm³/mol. The fourth-order valence-corrected chi connectivity index (χ4v) is 2.58. The van der Waals surface area contributed by atoms with Crippen LogP contribution in [0.2, 0.25) is 0 Å². The van der Waals surface area contributed by atoms with E-state index in [9.17, 15) is 9.59 Å². The molecule has 0 aliphatic rings. The number of rotatable bonds is 9. The molecule has 3 N–H and O–H groups in total. The molecule has 0 saturated carbocycles. The monoisotopic (exact) mass is 348 g/mol. The molecule has 25 heavy (non-hydrogen) atoms. The quantitative estimate of drug-likeness (QED) is 0.672. The predicted octanol–water partition coefficient (Wildman–Crippen LogP) is 2.82. The maximum absolute atomic E-state index is 12.6. The average Bonchev–Trinajstić information content (AvgIpc) is 2.48. The summed E-state index contributed by atoms with van der Waals surface area (Å²) < 4.78 is 5.52. The summed E-state index contributed by atoms with van der Waals surface area (Å²) >= 11 is 0. The van der Waals surface area contributed by atoms with Gasteiger partial charge in [-0.3, -0.25) is 14.9 Å². The van der Waals surface area contributed by atoms with E-state index in [0.29, 0.717) is 25.2 Å². The molecule has 5 heteroatoms. The van der Waals surface area contributed by atoms with E-state index in [-0.39, 0.29) is 5.97 Å². The van der Waals surface area contributed by atoms with Gasteiger partial charge in [0.15, 0.2) is 0 Å². The summed E-state index contributed by atoms with van der Waals surface area (Å²) in [6.45, 7) is 9.53. The number of esters is 1. The fourth-order valence-electron chi connectivity index (χ4n) is 2.58. The Balaban J connectivity index is 2.85. The van der Waals surface area contributed by atoms with Gasteiger partial charge in [0.1, 0.15) is 11.6 Å². The Morgan fingerprint density at radius 1 is 1.12 bits per heavy atom. The fraction of sp³-hybridized carbons (Fsp3) is 0.600. The highest BCUT2D eigenvalue weighted by molar-refractivity contribution is 5.82. The third kappa shape index (κ3) is 8.68. The first-order chi connectivity index (χ1) is 11.6. The lowest BCUT2D eigenvalue weighted by atomic mass is 10.00. The number of nitrogens with two attached hydrogens (primary N) is 1. The van der Waals surface area contributed by atoms with Crippen molar-refractivity contribution in [1.29, 1.82) is 0 Å². The highest BCUT2D eigenvalue weighted by atomic mass is 16.6. The average molecular weight is 348 g/mol. The normalized spacial score (nSPS) is 14.2. The summed E-state index contributed by atoms with van der Waals surface area (Å²) in [5.41, 5.74) is 6.07. The van der Waals surface area contributed by atoms with Crippen molar-refractivity contribution in [3.63, 3.8) is 0 Å². The number of ether oxygens (including phenoxy) is 1. The second kappa shape index (κ2) is 9.56. The van der Waals surface area contributed by atoms with Crippen molar-refractivity contribution >= 4 is 11.9 Å². The number of benzene rings is 1. The minimum atomic E-state index is -0.579. The number of carbonyl (C=O) groups excluding carboxylic acids is 2. The van der Waals surface area contributed by atoms with E-state index in [1.165, 1.54) is 0 Å². The van der Waals surface area contributed by atoms with Crippen LogP contribution in [-0.4, -0.2) is 29.6 Å². The van der Waals surface area contributed by atoms with Crippen LogP contribution in [0.15, 0.2) is 30.3 Å². The van der Waals surface area contributed by atoms with E-state index in [2.05, 4.69) is 5.32 Å². The first-order valence-electron chi connectivity index (χ1n) is 8.90. The standard InChI is InChI=1S/C20H32N2O3/c1-14(2)13-17(18(21)23)22-16(19(24)25-20(3,4)5)12-11-15-9-7-6-8-10-15/h6-10,14,16-17,22H,11-13H2,1-5H3,(H2,21,23)/t16-,17+/m0/s1. The van der Waals surface area contributed by atoms with Crippen molar-refractivity contribution in [1.82, 2.24) is 5.32 Å². The zero-order valence-electron chi connectivity index (χ0n) is 16.0. The zero-order valence-corrected chi connectivity index (χ0v) is 16.0. The van der Waals surface area contributed by atoms with E-state index < -0.39 is 23.6 Å². The second-order valence-corrected chi connectivity index (χ2v) is 7.86. The number of hydrogen-bond acceptors (Lipinski definition) is 4. The Kier molecular flexibility index (Phi) is 8.10. The van der Waals surface area contributed by atoms with Gasteiger partial charge in [-0.2, -0.15) is 0 Å². The van der Waals surface area contributed by atoms with Gasteiger partial charge in [-0.1, -0.05) is 44.2 Å². The van der Waals surface area contributed by atoms with Crippen molar-refractivity contribution in [2.75, 3.05) is 0 Å². The zero-order chi connectivity index (χ0) is 19.0. The minimum Gasteiger partial charge on any atom is -0.459 e. The molecule has 0 aliphatic heterocycles. The Labute approximate surface area is 151 Å². The summed E-state index contributed by atoms with van der Waals surface area (Å²) in [5.74, 6) is -0.501. The molecular formula is C20H32N2O3. The number of nitrogens with one attached hydrogen (secondary N) is 1. The molecule has 0 fully saturated rings. The van der Waals surface area contributed by atoms with Crippen LogP contribution in [0.4, 0.5) is 0 Å². The number of primary amides is 1. The van der Waals surface area contributed by atoms with Crippen LogP contribution in [-0.2, 0) is 20.7 Å². The van der Waals surface area contributed by atoms with Crippen LogP contribution in [0.25, 0.3) is 0 Å². The van der Waals surface area contributed by atoms with Crippen molar-refractivity contribution in [3.8, 4) is 0 Å². The van der Waals surface area contributed by atoms with Crippen molar-refractivity contribution in [2.45, 2.75) is 71.6 Å². The highest BCUT2D eigenvalue weighted by Crippen LogP contribution is 2.14. The lowest BCUT2D eigenvalue weighted by Gasteiger charge is -2.27. The summed E-state index contributed by atoms with van der Waals surface area (Å²) in [6.07, 6.45) is 1.84. The van der Waals surface area contributed by atoms with Gasteiger partial charge in [-0.05, 0) is 51.5 Å². The molecule has 0 spiro atoms. The molecule has 0 bridgehead atoms. The number of carbonyl (C=O) groups is 2. The van der Waals surface area contributed by atoms with Gasteiger partial charge in [-0.15, -0.1) is 0 Å². The third-order valence-electron chi connectivity index (χ3n) is 3.71. The molecule has 0 saturated heterocycles. The van der Waals surface area contributed by atoms with Crippen LogP contribution >= 0.6 is 0 Å². The topological polar surface area (TPSA) is 81.4 Å². The van der Waals surface area contributed by atoms with Crippen LogP contribution in [0.5, 0.6) is 0 Å². The molecule has 1 rings (SSSR count). The summed E-state index contributed by atoms with van der Waals surface area (Å²) in [4.78, 5) is 24.3. The van der Waals surface area contributed by atoms with E-state index in [1.54, 1.807) is 0 Å². The van der Waals surface area contributed by atoms with Gasteiger partial charge >= 0.3 is 5.97 Å². The molecule has 140 valence electrons. The van der Waals surface area contributed by atoms with Gasteiger partial charge in [0.25, 0.3) is 0 Å². The van der Waals surface area contributed by atoms with E-state index >= 15 is 0 Å². The summed E-state index contributed by atoms with van der Waals surface area (Å²) in [6, 6.07) is 8.81. The molecule has 2 atom stereocenters. The molecule has 0 heterocycles. The van der Waals surface area contributed by atoms with E-state index in [0.717, 1.165) is 5.56 Å². The van der Waals surface area contributed by atoms with Gasteiger partial charge < -0.3 is 10.5 Å². The summed E-state index contributed by atoms with van der Waals surface area (Å²) in [5, 5.41) is 3.13. The summed E-state index contributed by atoms with van der Waals surface area (Å²) in [7, 11) is 0. The molecule has 1 aromatic rings. The molecule has 0 aromatic heterocycles. The molecule has 0 aliphatic carbocycles. The van der Waals surface area contributed by atoms with Gasteiger partial charge in [0.05, 0.1) is 6.04 Å². The molecule has 1 aromatic carbocycles.